The molecule has 2 N–H and O–H groups in total. The van der Waals surface area contributed by atoms with E-state index in [1.54, 1.807) is 13.8 Å². The van der Waals surface area contributed by atoms with Crippen LogP contribution in [0.5, 0.6) is 0 Å². The maximum atomic E-state index is 12.6. The van der Waals surface area contributed by atoms with E-state index >= 15 is 0 Å². The summed E-state index contributed by atoms with van der Waals surface area (Å²) in [5, 5.41) is 11.7. The minimum atomic E-state index is -1.01. The first-order chi connectivity index (χ1) is 9.29. The summed E-state index contributed by atoms with van der Waals surface area (Å²) in [5.74, 6) is -1.55. The van der Waals surface area contributed by atoms with Crippen LogP contribution in [-0.4, -0.2) is 53.2 Å². The number of aliphatic carboxylic acids is 1. The van der Waals surface area contributed by atoms with Gasteiger partial charge in [-0.2, -0.15) is 0 Å². The monoisotopic (exact) mass is 286 g/mol. The topological polar surface area (TPSA) is 95.9 Å². The molecule has 0 aromatic rings. The number of carbonyl (C=O) groups excluding carboxylic acids is 2. The number of rotatable bonds is 4. The number of nitrogens with one attached hydrogen (secondary N) is 1. The SMILES string of the molecule is COC(=O)N[C@H](C(=O)N1[C@H](C)CC[C@@H]1C(=O)O)C(C)C. The van der Waals surface area contributed by atoms with Crippen molar-refractivity contribution in [1.29, 1.82) is 0 Å². The van der Waals surface area contributed by atoms with Gasteiger partial charge in [0.15, 0.2) is 0 Å². The molecular weight excluding hydrogens is 264 g/mol. The van der Waals surface area contributed by atoms with Crippen LogP contribution in [0.15, 0.2) is 0 Å². The van der Waals surface area contributed by atoms with Gasteiger partial charge in [0.05, 0.1) is 7.11 Å². The minimum Gasteiger partial charge on any atom is -0.480 e. The Morgan fingerprint density at radius 1 is 1.30 bits per heavy atom. The second-order valence-electron chi connectivity index (χ2n) is 5.38. The van der Waals surface area contributed by atoms with Crippen molar-refractivity contribution in [3.8, 4) is 0 Å². The molecule has 1 fully saturated rings. The largest absolute Gasteiger partial charge is 0.480 e. The number of methoxy groups -OCH3 is 1. The van der Waals surface area contributed by atoms with Gasteiger partial charge in [-0.15, -0.1) is 0 Å². The predicted molar refractivity (Wildman–Crippen MR) is 71.1 cm³/mol. The molecule has 1 heterocycles. The molecule has 0 spiro atoms. The quantitative estimate of drug-likeness (QED) is 0.798. The van der Waals surface area contributed by atoms with Crippen molar-refractivity contribution in [2.45, 2.75) is 51.7 Å². The highest BCUT2D eigenvalue weighted by Gasteiger charge is 2.42. The van der Waals surface area contributed by atoms with Crippen molar-refractivity contribution in [2.24, 2.45) is 5.92 Å². The number of carboxylic acids is 1. The first-order valence-corrected chi connectivity index (χ1v) is 6.69. The zero-order valence-electron chi connectivity index (χ0n) is 12.3. The molecule has 0 bridgehead atoms. The zero-order chi connectivity index (χ0) is 15.4. The molecular formula is C13H22N2O5. The number of hydrogen-bond donors (Lipinski definition) is 2. The summed E-state index contributed by atoms with van der Waals surface area (Å²) in [6.45, 7) is 5.39. The van der Waals surface area contributed by atoms with Gasteiger partial charge >= 0.3 is 12.1 Å². The second-order valence-corrected chi connectivity index (χ2v) is 5.38. The van der Waals surface area contributed by atoms with Crippen LogP contribution in [0.3, 0.4) is 0 Å². The Kier molecular flexibility index (Phi) is 5.35. The van der Waals surface area contributed by atoms with E-state index in [0.29, 0.717) is 12.8 Å². The molecule has 0 aromatic heterocycles. The molecule has 20 heavy (non-hydrogen) atoms. The number of amides is 2. The minimum absolute atomic E-state index is 0.149. The number of carboxylic acid groups (broad SMARTS) is 1. The van der Waals surface area contributed by atoms with Crippen LogP contribution >= 0.6 is 0 Å². The van der Waals surface area contributed by atoms with Gasteiger partial charge in [-0.3, -0.25) is 4.79 Å². The Morgan fingerprint density at radius 2 is 1.90 bits per heavy atom. The maximum absolute atomic E-state index is 12.6. The third kappa shape index (κ3) is 3.40. The van der Waals surface area contributed by atoms with Gasteiger partial charge in [0.1, 0.15) is 12.1 Å². The summed E-state index contributed by atoms with van der Waals surface area (Å²) < 4.78 is 4.51. The van der Waals surface area contributed by atoms with Crippen LogP contribution < -0.4 is 5.32 Å². The second kappa shape index (κ2) is 6.58. The Hall–Kier alpha value is -1.79. The molecule has 1 aliphatic rings. The molecule has 1 rings (SSSR count). The molecule has 0 radical (unpaired) electrons. The third-order valence-electron chi connectivity index (χ3n) is 3.60. The van der Waals surface area contributed by atoms with Gasteiger partial charge in [-0.05, 0) is 25.7 Å². The van der Waals surface area contributed by atoms with Gasteiger partial charge in [-0.25, -0.2) is 9.59 Å². The maximum Gasteiger partial charge on any atom is 0.407 e. The highest BCUT2D eigenvalue weighted by molar-refractivity contribution is 5.90. The fourth-order valence-corrected chi connectivity index (χ4v) is 2.46. The van der Waals surface area contributed by atoms with E-state index in [4.69, 9.17) is 0 Å². The van der Waals surface area contributed by atoms with Crippen LogP contribution in [0.4, 0.5) is 4.79 Å². The lowest BCUT2D eigenvalue weighted by Gasteiger charge is -2.31. The lowest BCUT2D eigenvalue weighted by molar-refractivity contribution is -0.150. The highest BCUT2D eigenvalue weighted by Crippen LogP contribution is 2.26. The van der Waals surface area contributed by atoms with E-state index in [2.05, 4.69) is 10.1 Å². The van der Waals surface area contributed by atoms with Crippen LogP contribution in [-0.2, 0) is 14.3 Å². The molecule has 114 valence electrons. The normalized spacial score (nSPS) is 23.6. The number of ether oxygens (including phenoxy) is 1. The standard InChI is InChI=1S/C13H22N2O5/c1-7(2)10(14-13(19)20-4)11(16)15-8(3)5-6-9(15)12(17)18/h7-10H,5-6H2,1-4H3,(H,14,19)(H,17,18)/t8-,9-,10+/m1/s1. The van der Waals surface area contributed by atoms with E-state index in [9.17, 15) is 19.5 Å². The summed E-state index contributed by atoms with van der Waals surface area (Å²) in [4.78, 5) is 36.5. The van der Waals surface area contributed by atoms with Gasteiger partial charge < -0.3 is 20.1 Å². The van der Waals surface area contributed by atoms with Crippen molar-refractivity contribution in [2.75, 3.05) is 7.11 Å². The smallest absolute Gasteiger partial charge is 0.407 e. The number of likely N-dealkylation sites (tertiary alicyclic amines) is 1. The molecule has 7 nitrogen and oxygen atoms in total. The van der Waals surface area contributed by atoms with Crippen LogP contribution in [0.1, 0.15) is 33.6 Å². The van der Waals surface area contributed by atoms with Crippen molar-refractivity contribution in [1.82, 2.24) is 10.2 Å². The summed E-state index contributed by atoms with van der Waals surface area (Å²) in [6.07, 6.45) is 0.382. The molecule has 2 amide bonds. The number of hydrogen-bond acceptors (Lipinski definition) is 4. The molecule has 0 saturated carbocycles. The highest BCUT2D eigenvalue weighted by atomic mass is 16.5. The summed E-state index contributed by atoms with van der Waals surface area (Å²) in [5.41, 5.74) is 0. The molecule has 0 unspecified atom stereocenters. The van der Waals surface area contributed by atoms with Crippen LogP contribution in [0.25, 0.3) is 0 Å². The third-order valence-corrected chi connectivity index (χ3v) is 3.60. The molecule has 1 aliphatic heterocycles. The Morgan fingerprint density at radius 3 is 2.35 bits per heavy atom. The van der Waals surface area contributed by atoms with Crippen LogP contribution in [0.2, 0.25) is 0 Å². The predicted octanol–water partition coefficient (Wildman–Crippen LogP) is 0.831. The number of alkyl carbamates (subject to hydrolysis) is 1. The summed E-state index contributed by atoms with van der Waals surface area (Å²) >= 11 is 0. The Bertz CT molecular complexity index is 396. The zero-order valence-corrected chi connectivity index (χ0v) is 12.3. The van der Waals surface area contributed by atoms with Crippen molar-refractivity contribution < 1.29 is 24.2 Å². The van der Waals surface area contributed by atoms with Crippen LogP contribution in [0, 0.1) is 5.92 Å². The average Bonchev–Trinajstić information content (AvgIpc) is 2.76. The molecule has 1 saturated heterocycles. The first kappa shape index (κ1) is 16.3. The van der Waals surface area contributed by atoms with E-state index in [0.717, 1.165) is 0 Å². The summed E-state index contributed by atoms with van der Waals surface area (Å²) in [6, 6.07) is -1.76. The molecule has 7 heteroatoms. The molecule has 0 aromatic carbocycles. The summed E-state index contributed by atoms with van der Waals surface area (Å²) in [7, 11) is 1.22. The van der Waals surface area contributed by atoms with Gasteiger partial charge in [-0.1, -0.05) is 13.8 Å². The fraction of sp³-hybridized carbons (Fsp3) is 0.769. The first-order valence-electron chi connectivity index (χ1n) is 6.69. The van der Waals surface area contributed by atoms with Gasteiger partial charge in [0, 0.05) is 6.04 Å². The van der Waals surface area contributed by atoms with E-state index < -0.39 is 24.1 Å². The Labute approximate surface area is 118 Å². The number of carbonyl (C=O) groups is 3. The van der Waals surface area contributed by atoms with Gasteiger partial charge in [0.25, 0.3) is 0 Å². The lowest BCUT2D eigenvalue weighted by Crippen LogP contribution is -2.55. The van der Waals surface area contributed by atoms with E-state index in [1.807, 2.05) is 6.92 Å². The van der Waals surface area contributed by atoms with Gasteiger partial charge in [0.2, 0.25) is 5.91 Å². The lowest BCUT2D eigenvalue weighted by atomic mass is 10.0. The van der Waals surface area contributed by atoms with Crippen molar-refractivity contribution in [3.63, 3.8) is 0 Å². The molecule has 0 aliphatic carbocycles. The molecule has 3 atom stereocenters. The van der Waals surface area contributed by atoms with E-state index in [1.165, 1.54) is 12.0 Å². The van der Waals surface area contributed by atoms with Crippen molar-refractivity contribution in [3.05, 3.63) is 0 Å². The van der Waals surface area contributed by atoms with E-state index in [-0.39, 0.29) is 17.9 Å². The van der Waals surface area contributed by atoms with Crippen molar-refractivity contribution >= 4 is 18.0 Å². The fourth-order valence-electron chi connectivity index (χ4n) is 2.46. The number of nitrogens with zero attached hydrogens (tertiary/aromatic N) is 1. The Balaban J connectivity index is 2.92. The average molecular weight is 286 g/mol.